The van der Waals surface area contributed by atoms with E-state index >= 15 is 0 Å². The van der Waals surface area contributed by atoms with E-state index in [-0.39, 0.29) is 11.6 Å². The normalized spacial score (nSPS) is 11.6. The third-order valence-corrected chi connectivity index (χ3v) is 9.07. The van der Waals surface area contributed by atoms with Crippen LogP contribution in [-0.2, 0) is 9.59 Å². The lowest BCUT2D eigenvalue weighted by atomic mass is 10.1. The average Bonchev–Trinajstić information content (AvgIpc) is 3.12. The maximum atomic E-state index is 13.6. The molecule has 5 rings (SSSR count). The summed E-state index contributed by atoms with van der Waals surface area (Å²) < 4.78 is 11.6. The number of anilines is 2. The van der Waals surface area contributed by atoms with E-state index in [2.05, 4.69) is 31.9 Å². The maximum absolute atomic E-state index is 13.6. The minimum Gasteiger partial charge on any atom is -0.497 e. The summed E-state index contributed by atoms with van der Waals surface area (Å²) in [6, 6.07) is 38.0. The molecular weight excluding hydrogens is 690 g/mol. The molecule has 0 saturated carbocycles. The second kappa shape index (κ2) is 16.5. The summed E-state index contributed by atoms with van der Waals surface area (Å²) in [7, 11) is 3.06. The highest BCUT2D eigenvalue weighted by Gasteiger charge is 2.23. The van der Waals surface area contributed by atoms with Gasteiger partial charge in [-0.25, -0.2) is 0 Å². The Hall–Kier alpha value is -5.32. The van der Waals surface area contributed by atoms with Crippen LogP contribution in [0.2, 0.25) is 0 Å². The van der Waals surface area contributed by atoms with E-state index in [4.69, 9.17) is 9.47 Å². The largest absolute Gasteiger partial charge is 0.497 e. The minimum atomic E-state index is -0.541. The number of rotatable bonds is 12. The fourth-order valence-electron chi connectivity index (χ4n) is 4.65. The first-order chi connectivity index (χ1) is 23.3. The number of carbonyl (C=O) groups excluding carboxylic acids is 3. The van der Waals surface area contributed by atoms with Crippen molar-refractivity contribution in [2.75, 3.05) is 24.9 Å². The van der Waals surface area contributed by atoms with Gasteiger partial charge in [0.1, 0.15) is 22.4 Å². The number of methoxy groups -OCH3 is 2. The van der Waals surface area contributed by atoms with Gasteiger partial charge in [-0.1, -0.05) is 60.7 Å². The molecule has 0 spiro atoms. The van der Waals surface area contributed by atoms with Gasteiger partial charge in [0.15, 0.2) is 0 Å². The molecule has 8 nitrogen and oxygen atoms in total. The molecule has 0 radical (unpaired) electrons. The number of thioether (sulfide) groups is 1. The van der Waals surface area contributed by atoms with Gasteiger partial charge in [-0.2, -0.15) is 0 Å². The van der Waals surface area contributed by atoms with Crippen molar-refractivity contribution in [3.8, 4) is 11.5 Å². The second-order valence-corrected chi connectivity index (χ2v) is 12.4. The summed E-state index contributed by atoms with van der Waals surface area (Å²) in [5.41, 5.74) is 3.01. The van der Waals surface area contributed by atoms with Gasteiger partial charge in [0.2, 0.25) is 5.91 Å². The number of halogens is 1. The Balaban J connectivity index is 1.36. The van der Waals surface area contributed by atoms with Gasteiger partial charge in [0.25, 0.3) is 11.8 Å². The van der Waals surface area contributed by atoms with E-state index in [1.165, 1.54) is 18.9 Å². The molecule has 0 saturated heterocycles. The monoisotopic (exact) mass is 721 g/mol. The molecule has 0 aliphatic carbocycles. The molecule has 1 unspecified atom stereocenters. The number of amides is 3. The van der Waals surface area contributed by atoms with Gasteiger partial charge in [-0.3, -0.25) is 14.4 Å². The molecule has 1 atom stereocenters. The van der Waals surface area contributed by atoms with Crippen molar-refractivity contribution >= 4 is 62.9 Å². The van der Waals surface area contributed by atoms with Gasteiger partial charge < -0.3 is 25.4 Å². The Morgan fingerprint density at radius 1 is 0.750 bits per heavy atom. The molecule has 48 heavy (non-hydrogen) atoms. The summed E-state index contributed by atoms with van der Waals surface area (Å²) in [6.07, 6.45) is 1.55. The summed E-state index contributed by atoms with van der Waals surface area (Å²) in [6.45, 7) is 0. The van der Waals surface area contributed by atoms with Crippen molar-refractivity contribution in [1.29, 1.82) is 0 Å². The number of hydrogen-bond donors (Lipinski definition) is 3. The summed E-state index contributed by atoms with van der Waals surface area (Å²) in [4.78, 5) is 41.0. The molecular formula is C38H32BrN3O5S. The van der Waals surface area contributed by atoms with Gasteiger partial charge >= 0.3 is 0 Å². The Kier molecular flexibility index (Phi) is 11.7. The van der Waals surface area contributed by atoms with E-state index in [0.717, 1.165) is 14.9 Å². The summed E-state index contributed by atoms with van der Waals surface area (Å²) in [5, 5.41) is 8.10. The number of carbonyl (C=O) groups is 3. The Morgan fingerprint density at radius 2 is 1.42 bits per heavy atom. The lowest BCUT2D eigenvalue weighted by molar-refractivity contribution is -0.116. The zero-order valence-electron chi connectivity index (χ0n) is 26.1. The van der Waals surface area contributed by atoms with Crippen LogP contribution in [0, 0.1) is 0 Å². The first-order valence-corrected chi connectivity index (χ1v) is 16.5. The molecule has 3 amide bonds. The fourth-order valence-corrected chi connectivity index (χ4v) is 6.06. The molecule has 5 aromatic carbocycles. The highest BCUT2D eigenvalue weighted by Crippen LogP contribution is 2.37. The quantitative estimate of drug-likeness (QED) is 0.0884. The number of benzene rings is 5. The number of para-hydroxylation sites is 1. The molecule has 242 valence electrons. The lowest BCUT2D eigenvalue weighted by Crippen LogP contribution is -2.30. The number of ether oxygens (including phenoxy) is 2. The summed E-state index contributed by atoms with van der Waals surface area (Å²) in [5.74, 6) is -0.0993. The van der Waals surface area contributed by atoms with E-state index in [1.54, 1.807) is 73.8 Å². The topological polar surface area (TPSA) is 106 Å². The SMILES string of the molecule is COc1ccc(/C=C(\NC(=O)c2ccccc2)C(=O)Nc2ccc(SC(C(=O)Nc3ccccc3Br)c3ccccc3)cc2)c(OC)c1. The third-order valence-electron chi connectivity index (χ3n) is 7.11. The van der Waals surface area contributed by atoms with Crippen LogP contribution in [0.15, 0.2) is 142 Å². The minimum absolute atomic E-state index is 0.0126. The molecule has 3 N–H and O–H groups in total. The van der Waals surface area contributed by atoms with Gasteiger partial charge in [0, 0.05) is 32.2 Å². The Bertz CT molecular complexity index is 1920. The highest BCUT2D eigenvalue weighted by atomic mass is 79.9. The first kappa shape index (κ1) is 34.0. The van der Waals surface area contributed by atoms with Crippen molar-refractivity contribution in [3.63, 3.8) is 0 Å². The van der Waals surface area contributed by atoms with E-state index in [1.807, 2.05) is 66.7 Å². The van der Waals surface area contributed by atoms with Crippen LogP contribution in [-0.4, -0.2) is 31.9 Å². The highest BCUT2D eigenvalue weighted by molar-refractivity contribution is 9.10. The van der Waals surface area contributed by atoms with Gasteiger partial charge in [-0.15, -0.1) is 11.8 Å². The van der Waals surface area contributed by atoms with Crippen LogP contribution in [0.5, 0.6) is 11.5 Å². The van der Waals surface area contributed by atoms with E-state index in [0.29, 0.717) is 34.0 Å². The van der Waals surface area contributed by atoms with Crippen LogP contribution in [0.3, 0.4) is 0 Å². The molecule has 10 heteroatoms. The van der Waals surface area contributed by atoms with Gasteiger partial charge in [-0.05, 0) is 88.2 Å². The molecule has 0 aliphatic rings. The summed E-state index contributed by atoms with van der Waals surface area (Å²) >= 11 is 4.89. The zero-order chi connectivity index (χ0) is 33.9. The number of nitrogens with one attached hydrogen (secondary N) is 3. The lowest BCUT2D eigenvalue weighted by Gasteiger charge is -2.18. The van der Waals surface area contributed by atoms with Crippen molar-refractivity contribution in [2.24, 2.45) is 0 Å². The van der Waals surface area contributed by atoms with Crippen LogP contribution in [0.1, 0.15) is 26.7 Å². The molecule has 0 bridgehead atoms. The van der Waals surface area contributed by atoms with Crippen LogP contribution < -0.4 is 25.4 Å². The molecule has 5 aromatic rings. The first-order valence-electron chi connectivity index (χ1n) is 14.8. The fraction of sp³-hybridized carbons (Fsp3) is 0.0789. The zero-order valence-corrected chi connectivity index (χ0v) is 28.5. The molecule has 0 heterocycles. The Labute approximate surface area is 291 Å². The van der Waals surface area contributed by atoms with Crippen molar-refractivity contribution in [3.05, 3.63) is 154 Å². The van der Waals surface area contributed by atoms with Crippen LogP contribution in [0.4, 0.5) is 11.4 Å². The van der Waals surface area contributed by atoms with Crippen LogP contribution in [0.25, 0.3) is 6.08 Å². The van der Waals surface area contributed by atoms with E-state index < -0.39 is 17.1 Å². The maximum Gasteiger partial charge on any atom is 0.272 e. The average molecular weight is 723 g/mol. The van der Waals surface area contributed by atoms with Crippen molar-refractivity contribution < 1.29 is 23.9 Å². The smallest absolute Gasteiger partial charge is 0.272 e. The standard InChI is InChI=1S/C38H32BrN3O5S/c1-46-29-20-17-27(34(24-29)47-2)23-33(42-36(43)26-13-7-4-8-14-26)37(44)40-28-18-21-30(22-19-28)48-35(25-11-5-3-6-12-25)38(45)41-32-16-10-9-15-31(32)39/h3-24,35H,1-2H3,(H,40,44)(H,41,45)(H,42,43)/b33-23-. The van der Waals surface area contributed by atoms with Crippen molar-refractivity contribution in [2.45, 2.75) is 10.1 Å². The Morgan fingerprint density at radius 3 is 2.08 bits per heavy atom. The molecule has 0 fully saturated rings. The van der Waals surface area contributed by atoms with Crippen LogP contribution >= 0.6 is 27.7 Å². The third kappa shape index (κ3) is 8.93. The second-order valence-electron chi connectivity index (χ2n) is 10.3. The molecule has 0 aromatic heterocycles. The molecule has 0 aliphatic heterocycles. The van der Waals surface area contributed by atoms with Gasteiger partial charge in [0.05, 0.1) is 19.9 Å². The van der Waals surface area contributed by atoms with E-state index in [9.17, 15) is 14.4 Å². The predicted molar refractivity (Wildman–Crippen MR) is 194 cm³/mol. The van der Waals surface area contributed by atoms with Crippen molar-refractivity contribution in [1.82, 2.24) is 5.32 Å². The number of hydrogen-bond acceptors (Lipinski definition) is 6. The predicted octanol–water partition coefficient (Wildman–Crippen LogP) is 8.35.